The first-order valence-electron chi connectivity index (χ1n) is 40.0. The molecule has 0 spiro atoms. The summed E-state index contributed by atoms with van der Waals surface area (Å²) in [6.45, 7) is 20.0. The summed E-state index contributed by atoms with van der Waals surface area (Å²) >= 11 is 23.5. The molecule has 0 saturated heterocycles. The number of unbranched alkanes of at least 4 members (excludes halogenated alkanes) is 9. The molecule has 19 heteroatoms. The van der Waals surface area contributed by atoms with Crippen LogP contribution in [0.3, 0.4) is 0 Å². The van der Waals surface area contributed by atoms with Crippen molar-refractivity contribution in [3.05, 3.63) is 224 Å². The molecular formula is C95H113BBr4NO6S6Sn. The molecule has 0 atom stereocenters. The van der Waals surface area contributed by atoms with Gasteiger partial charge in [0.1, 0.15) is 0 Å². The third-order valence-corrected chi connectivity index (χ3v) is 47.4. The minimum absolute atomic E-state index is 0. The summed E-state index contributed by atoms with van der Waals surface area (Å²) < 4.78 is 12.6. The molecule has 5 heterocycles. The van der Waals surface area contributed by atoms with Gasteiger partial charge in [0.25, 0.3) is 0 Å². The van der Waals surface area contributed by atoms with Gasteiger partial charge in [0, 0.05) is 74.1 Å². The molecule has 14 rings (SSSR count). The standard InChI is InChI=1S/C28H24Br2O2S2.C28H26O2S2.C20H20Br2O2.C4H3S.3C4H9.3CH4.BHNS.Sn/c1-3-5-7-15-17-13-19(21-9-11-23(29)33-21)28(32)26(17)16(8-6-4-2)18-14-20(27(31)25(15)18)22-10-12-24(30)34-22;1-3-5-9-17-19-15-21(23-11-7-13-31-23)28(30)26(19)18(10-6-4-2)20-16-22(27(29)25(17)20)24-12-8-14-32-24;1-3-5-7-11-13-9-15(21)20(24)18(13)12(8-6-4-2)14-10-16(22)19(23)17(11)14;1-2-4-5-3-1;3*1-3-4-2;;;;1-2-3;/h9-14H,3-8H2,1-2H3;7-8,11-16H,3-6,9-10H2,1-2H3;9-10H,3-8H2,1-2H3;1-3H;3*1,3-4H2,2H3;3*1H4;3H;. The van der Waals surface area contributed by atoms with Crippen LogP contribution in [0.5, 0.6) is 0 Å². The summed E-state index contributed by atoms with van der Waals surface area (Å²) in [6.07, 6.45) is 25.8. The van der Waals surface area contributed by atoms with Gasteiger partial charge in [0.2, 0.25) is 10.9 Å². The van der Waals surface area contributed by atoms with Crippen molar-refractivity contribution in [2.45, 2.75) is 252 Å². The van der Waals surface area contributed by atoms with Crippen LogP contribution in [0, 0.1) is 0 Å². The summed E-state index contributed by atoms with van der Waals surface area (Å²) in [4.78, 5) is 84.6. The molecule has 0 unspecified atom stereocenters. The second kappa shape index (κ2) is 46.4. The Morgan fingerprint density at radius 3 is 0.807 bits per heavy atom. The average Bonchev–Trinajstić information content (AvgIpc) is 1.57. The molecule has 7 nitrogen and oxygen atoms in total. The molecule has 0 amide bonds. The SMILES string of the molecule is C.C.C.CCCCc1c2cc(-c3ccc(Br)s3)c(=O)c2c(CCCC)c2cc(-c3ccc(Br)s3)c(=O)c12.CCCCc1c2cc(-c3cccs3)c(=O)c2c(CCCC)c2cc(-c3cccs3)c(=O)c12.CCCCc1c2cc(Br)c(=O)c2c(CCCC)c2cc(Br)c(=O)c12.CCC[CH2][Sn]([CH2]CCC)([CH2]CCC)[c]1cccs1.[B]=NS. The molecule has 0 fully saturated rings. The molecule has 0 N–H and O–H groups in total. The van der Waals surface area contributed by atoms with Gasteiger partial charge in [0.05, 0.1) is 16.5 Å². The maximum atomic E-state index is 13.9. The van der Waals surface area contributed by atoms with E-state index >= 15 is 0 Å². The number of halogens is 4. The molecule has 0 aliphatic rings. The Kier molecular flexibility index (Phi) is 39.3. The molecule has 0 saturated carbocycles. The zero-order chi connectivity index (χ0) is 79.6. The van der Waals surface area contributed by atoms with E-state index in [2.05, 4.69) is 204 Å². The van der Waals surface area contributed by atoms with Gasteiger partial charge >= 0.3 is 147 Å². The van der Waals surface area contributed by atoms with Crippen LogP contribution in [0.4, 0.5) is 0 Å². The van der Waals surface area contributed by atoms with Crippen molar-refractivity contribution in [2.24, 2.45) is 4.30 Å². The number of aryl methyl sites for hydroxylation is 6. The fraction of sp³-hybridized carbons (Fsp3) is 0.411. The van der Waals surface area contributed by atoms with E-state index in [1.807, 2.05) is 74.3 Å². The molecule has 1 radical (unpaired) electrons. The Balaban J connectivity index is 0.000000211. The van der Waals surface area contributed by atoms with E-state index in [-0.39, 0.29) is 54.9 Å². The summed E-state index contributed by atoms with van der Waals surface area (Å²) in [6, 6.07) is 32.9. The van der Waals surface area contributed by atoms with Crippen LogP contribution < -0.4 is 35.5 Å². The van der Waals surface area contributed by atoms with E-state index in [9.17, 15) is 28.8 Å². The molecule has 9 aromatic carbocycles. The van der Waals surface area contributed by atoms with Crippen LogP contribution >= 0.6 is 133 Å². The van der Waals surface area contributed by atoms with E-state index in [1.54, 1.807) is 58.7 Å². The molecule has 605 valence electrons. The van der Waals surface area contributed by atoms with Crippen molar-refractivity contribution < 1.29 is 0 Å². The van der Waals surface area contributed by atoms with E-state index in [0.29, 0.717) is 8.95 Å². The van der Waals surface area contributed by atoms with E-state index in [1.165, 1.54) is 38.5 Å². The third kappa shape index (κ3) is 21.3. The van der Waals surface area contributed by atoms with Crippen molar-refractivity contribution >= 4 is 227 Å². The first-order chi connectivity index (χ1) is 53.8. The van der Waals surface area contributed by atoms with E-state index in [4.69, 9.17) is 0 Å². The number of thiophene rings is 5. The maximum absolute atomic E-state index is 13.9. The van der Waals surface area contributed by atoms with Crippen molar-refractivity contribution in [2.75, 3.05) is 0 Å². The van der Waals surface area contributed by atoms with Crippen molar-refractivity contribution in [1.82, 2.24) is 0 Å². The number of rotatable bonds is 32. The minimum atomic E-state index is -2.01. The van der Waals surface area contributed by atoms with Crippen molar-refractivity contribution in [1.29, 1.82) is 0 Å². The fourth-order valence-electron chi connectivity index (χ4n) is 16.3. The number of nitrogens with zero attached hydrogens (tertiary/aromatic N) is 1. The van der Waals surface area contributed by atoms with Crippen LogP contribution in [-0.2, 0) is 38.5 Å². The first kappa shape index (κ1) is 96.7. The molecule has 114 heavy (non-hydrogen) atoms. The number of hydrogen-bond acceptors (Lipinski definition) is 13. The second-order valence-corrected chi connectivity index (χ2v) is 53.1. The zero-order valence-corrected chi connectivity index (χ0v) is 79.7. The second-order valence-electron chi connectivity index (χ2n) is 29.3. The number of benzene rings is 3. The monoisotopic (exact) mass is 2000 g/mol. The molecule has 0 aliphatic carbocycles. The van der Waals surface area contributed by atoms with E-state index < -0.39 is 18.4 Å². The predicted octanol–water partition coefficient (Wildman–Crippen LogP) is 30.7. The van der Waals surface area contributed by atoms with Gasteiger partial charge in [-0.05, 0) is 290 Å². The molecule has 14 aromatic rings. The first-order valence-corrected chi connectivity index (χ1v) is 55.3. The Morgan fingerprint density at radius 1 is 0.333 bits per heavy atom. The fourth-order valence-corrected chi connectivity index (χ4v) is 41.2. The predicted molar refractivity (Wildman–Crippen MR) is 531 cm³/mol. The Morgan fingerprint density at radius 2 is 0.579 bits per heavy atom. The van der Waals surface area contributed by atoms with Gasteiger partial charge in [-0.15, -0.1) is 45.3 Å². The molecule has 5 aromatic heterocycles. The number of hydrogen-bond donors (Lipinski definition) is 1. The zero-order valence-electron chi connectivity index (χ0n) is 65.5. The van der Waals surface area contributed by atoms with Gasteiger partial charge in [-0.3, -0.25) is 28.8 Å². The van der Waals surface area contributed by atoms with Gasteiger partial charge in [-0.25, -0.2) is 0 Å². The van der Waals surface area contributed by atoms with Gasteiger partial charge in [0.15, 0.2) is 21.7 Å². The number of thiol groups is 1. The molecule has 0 bridgehead atoms. The summed E-state index contributed by atoms with van der Waals surface area (Å²) in [5, 5.41) is 17.2. The van der Waals surface area contributed by atoms with Crippen LogP contribution in [0.15, 0.2) is 163 Å². The Bertz CT molecular complexity index is 5400. The quantitative estimate of drug-likeness (QED) is 0.0332. The summed E-state index contributed by atoms with van der Waals surface area (Å²) in [7, 11) is 4.34. The average molecular weight is 2010 g/mol. The Labute approximate surface area is 741 Å². The number of fused-ring (bicyclic) bond motifs is 6. The normalized spacial score (nSPS) is 11.3. The molecule has 0 aliphatic heterocycles. The third-order valence-electron chi connectivity index (χ3n) is 21.9. The van der Waals surface area contributed by atoms with Crippen LogP contribution in [0.2, 0.25) is 13.3 Å². The van der Waals surface area contributed by atoms with Crippen LogP contribution in [0.25, 0.3) is 106 Å². The van der Waals surface area contributed by atoms with E-state index in [0.717, 1.165) is 263 Å². The topological polar surface area (TPSA) is 115 Å². The van der Waals surface area contributed by atoms with Gasteiger partial charge in [-0.2, -0.15) is 0 Å². The Hall–Kier alpha value is -4.45. The van der Waals surface area contributed by atoms with Crippen LogP contribution in [0.1, 0.15) is 234 Å². The summed E-state index contributed by atoms with van der Waals surface area (Å²) in [5.41, 5.74) is 9.97. The molecular weight excluding hydrogens is 1890 g/mol. The van der Waals surface area contributed by atoms with Gasteiger partial charge < -0.3 is 0 Å². The van der Waals surface area contributed by atoms with Gasteiger partial charge in [-0.1, -0.05) is 114 Å². The van der Waals surface area contributed by atoms with Crippen molar-refractivity contribution in [3.63, 3.8) is 0 Å². The van der Waals surface area contributed by atoms with Crippen LogP contribution in [-0.4, -0.2) is 26.0 Å². The summed E-state index contributed by atoms with van der Waals surface area (Å²) in [5.74, 6) is 0. The van der Waals surface area contributed by atoms with Crippen molar-refractivity contribution in [3.8, 4) is 41.8 Å².